The fraction of sp³-hybridized carbons (Fsp3) is 0.538. The van der Waals surface area contributed by atoms with Gasteiger partial charge in [-0.2, -0.15) is 0 Å². The Balaban J connectivity index is 2.40. The maximum Gasteiger partial charge on any atom is 0.179 e. The topological polar surface area (TPSA) is 80.4 Å². The Hall–Kier alpha value is -1.07. The molecule has 5 heteroatoms. The van der Waals surface area contributed by atoms with Crippen LogP contribution in [0.25, 0.3) is 0 Å². The van der Waals surface area contributed by atoms with Crippen LogP contribution < -0.4 is 5.73 Å². The lowest BCUT2D eigenvalue weighted by atomic mass is 9.77. The van der Waals surface area contributed by atoms with Gasteiger partial charge in [-0.1, -0.05) is 25.3 Å². The van der Waals surface area contributed by atoms with Gasteiger partial charge in [-0.05, 0) is 30.5 Å². The fourth-order valence-corrected chi connectivity index (χ4v) is 3.37. The lowest BCUT2D eigenvalue weighted by molar-refractivity contribution is 0.301. The molecule has 0 unspecified atom stereocenters. The molecule has 2 rings (SSSR count). The molecule has 1 saturated carbocycles. The zero-order valence-electron chi connectivity index (χ0n) is 10.5. The van der Waals surface area contributed by atoms with Crippen LogP contribution in [0.15, 0.2) is 23.1 Å². The molecular weight excluding hydrogens is 250 g/mol. The zero-order chi connectivity index (χ0) is 13.4. The van der Waals surface area contributed by atoms with E-state index in [2.05, 4.69) is 0 Å². The van der Waals surface area contributed by atoms with E-state index in [1.165, 1.54) is 18.6 Å². The lowest BCUT2D eigenvalue weighted by Gasteiger charge is -2.34. The van der Waals surface area contributed by atoms with Crippen LogP contribution in [0.1, 0.15) is 37.7 Å². The first-order valence-corrected chi connectivity index (χ1v) is 8.04. The first-order valence-electron chi connectivity index (χ1n) is 6.15. The summed E-state index contributed by atoms with van der Waals surface area (Å²) in [5.41, 5.74) is 6.75. The van der Waals surface area contributed by atoms with Crippen molar-refractivity contribution in [1.29, 1.82) is 0 Å². The van der Waals surface area contributed by atoms with Gasteiger partial charge in [-0.15, -0.1) is 0 Å². The van der Waals surface area contributed by atoms with Crippen LogP contribution >= 0.6 is 0 Å². The average molecular weight is 269 g/mol. The number of phenols is 1. The molecule has 4 nitrogen and oxygen atoms in total. The van der Waals surface area contributed by atoms with Gasteiger partial charge in [-0.25, -0.2) is 8.42 Å². The van der Waals surface area contributed by atoms with E-state index in [-0.39, 0.29) is 10.6 Å². The monoisotopic (exact) mass is 269 g/mol. The largest absolute Gasteiger partial charge is 0.507 e. The molecule has 1 aromatic rings. The number of phenolic OH excluding ortho intramolecular Hbond substituents is 1. The molecule has 1 fully saturated rings. The van der Waals surface area contributed by atoms with Crippen molar-refractivity contribution in [2.45, 2.75) is 42.5 Å². The van der Waals surface area contributed by atoms with E-state index in [9.17, 15) is 13.5 Å². The average Bonchev–Trinajstić information content (AvgIpc) is 2.28. The smallest absolute Gasteiger partial charge is 0.179 e. The van der Waals surface area contributed by atoms with Gasteiger partial charge in [0.2, 0.25) is 0 Å². The van der Waals surface area contributed by atoms with E-state index < -0.39 is 15.4 Å². The van der Waals surface area contributed by atoms with Gasteiger partial charge in [-0.3, -0.25) is 0 Å². The van der Waals surface area contributed by atoms with Crippen molar-refractivity contribution < 1.29 is 13.5 Å². The maximum atomic E-state index is 11.4. The highest BCUT2D eigenvalue weighted by atomic mass is 32.2. The number of hydrogen-bond acceptors (Lipinski definition) is 4. The molecule has 0 aliphatic heterocycles. The third-order valence-corrected chi connectivity index (χ3v) is 4.82. The van der Waals surface area contributed by atoms with E-state index >= 15 is 0 Å². The summed E-state index contributed by atoms with van der Waals surface area (Å²) in [7, 11) is -3.39. The van der Waals surface area contributed by atoms with Crippen molar-refractivity contribution in [3.05, 3.63) is 23.8 Å². The molecule has 0 heterocycles. The molecule has 0 spiro atoms. The van der Waals surface area contributed by atoms with Crippen molar-refractivity contribution >= 4 is 9.84 Å². The van der Waals surface area contributed by atoms with Crippen LogP contribution in [0.5, 0.6) is 5.75 Å². The lowest BCUT2D eigenvalue weighted by Crippen LogP contribution is -2.38. The number of benzene rings is 1. The summed E-state index contributed by atoms with van der Waals surface area (Å²) in [6.45, 7) is 0. The van der Waals surface area contributed by atoms with Gasteiger partial charge in [0.25, 0.3) is 0 Å². The number of aromatic hydroxyl groups is 1. The number of sulfone groups is 1. The van der Waals surface area contributed by atoms with Gasteiger partial charge in [0, 0.05) is 11.8 Å². The second-order valence-corrected chi connectivity index (χ2v) is 7.16. The number of rotatable bonds is 2. The third-order valence-electron chi connectivity index (χ3n) is 3.68. The van der Waals surface area contributed by atoms with Crippen molar-refractivity contribution in [1.82, 2.24) is 0 Å². The second kappa shape index (κ2) is 4.55. The van der Waals surface area contributed by atoms with E-state index in [1.54, 1.807) is 6.07 Å². The Bertz CT molecular complexity index is 545. The SMILES string of the molecule is CS(=O)(=O)c1ccc(C2(N)CCCCC2)cc1O. The summed E-state index contributed by atoms with van der Waals surface area (Å²) in [6.07, 6.45) is 6.18. The Morgan fingerprint density at radius 3 is 2.33 bits per heavy atom. The molecule has 100 valence electrons. The summed E-state index contributed by atoms with van der Waals surface area (Å²) in [4.78, 5) is -0.0364. The van der Waals surface area contributed by atoms with Gasteiger partial charge in [0.15, 0.2) is 9.84 Å². The molecular formula is C13H19NO3S. The minimum absolute atomic E-state index is 0.0364. The Morgan fingerprint density at radius 2 is 1.83 bits per heavy atom. The Labute approximate surface area is 108 Å². The predicted molar refractivity (Wildman–Crippen MR) is 70.2 cm³/mol. The van der Waals surface area contributed by atoms with Gasteiger partial charge in [0.1, 0.15) is 10.6 Å². The van der Waals surface area contributed by atoms with E-state index in [0.29, 0.717) is 0 Å². The highest BCUT2D eigenvalue weighted by Crippen LogP contribution is 2.37. The minimum atomic E-state index is -3.39. The van der Waals surface area contributed by atoms with Crippen LogP contribution in [-0.4, -0.2) is 19.8 Å². The highest BCUT2D eigenvalue weighted by molar-refractivity contribution is 7.90. The normalized spacial score (nSPS) is 19.7. The first-order chi connectivity index (χ1) is 8.33. The molecule has 0 saturated heterocycles. The summed E-state index contributed by atoms with van der Waals surface area (Å²) in [5, 5.41) is 9.84. The minimum Gasteiger partial charge on any atom is -0.507 e. The molecule has 0 atom stereocenters. The summed E-state index contributed by atoms with van der Waals surface area (Å²) >= 11 is 0. The van der Waals surface area contributed by atoms with Gasteiger partial charge in [0.05, 0.1) is 0 Å². The molecule has 0 radical (unpaired) electrons. The van der Waals surface area contributed by atoms with Gasteiger partial charge >= 0.3 is 0 Å². The molecule has 1 aliphatic rings. The first kappa shape index (κ1) is 13.4. The summed E-state index contributed by atoms with van der Waals surface area (Å²) in [6, 6.07) is 4.67. The summed E-state index contributed by atoms with van der Waals surface area (Å²) < 4.78 is 22.9. The third kappa shape index (κ3) is 2.52. The molecule has 1 aromatic carbocycles. The van der Waals surface area contributed by atoms with Crippen LogP contribution in [0.4, 0.5) is 0 Å². The van der Waals surface area contributed by atoms with E-state index in [0.717, 1.165) is 37.5 Å². The van der Waals surface area contributed by atoms with Crippen molar-refractivity contribution in [3.8, 4) is 5.75 Å². The Morgan fingerprint density at radius 1 is 1.22 bits per heavy atom. The fourth-order valence-electron chi connectivity index (χ4n) is 2.61. The van der Waals surface area contributed by atoms with Crippen LogP contribution in [-0.2, 0) is 15.4 Å². The molecule has 0 amide bonds. The zero-order valence-corrected chi connectivity index (χ0v) is 11.3. The van der Waals surface area contributed by atoms with Crippen LogP contribution in [0.3, 0.4) is 0 Å². The molecule has 1 aliphatic carbocycles. The molecule has 18 heavy (non-hydrogen) atoms. The highest BCUT2D eigenvalue weighted by Gasteiger charge is 2.30. The number of nitrogens with two attached hydrogens (primary N) is 1. The molecule has 3 N–H and O–H groups in total. The molecule has 0 aromatic heterocycles. The quantitative estimate of drug-likeness (QED) is 0.859. The van der Waals surface area contributed by atoms with E-state index in [4.69, 9.17) is 5.73 Å². The maximum absolute atomic E-state index is 11.4. The standard InChI is InChI=1S/C13H19NO3S/c1-18(16,17)12-6-5-10(9-11(12)15)13(14)7-3-2-4-8-13/h5-6,9,15H,2-4,7-8,14H2,1H3. The van der Waals surface area contributed by atoms with Crippen molar-refractivity contribution in [2.75, 3.05) is 6.26 Å². The summed E-state index contributed by atoms with van der Waals surface area (Å²) in [5.74, 6) is -0.203. The van der Waals surface area contributed by atoms with Crippen LogP contribution in [0, 0.1) is 0 Å². The van der Waals surface area contributed by atoms with Crippen LogP contribution in [0.2, 0.25) is 0 Å². The van der Waals surface area contributed by atoms with E-state index in [1.807, 2.05) is 0 Å². The van der Waals surface area contributed by atoms with Gasteiger partial charge < -0.3 is 10.8 Å². The predicted octanol–water partition coefficient (Wildman–Crippen LogP) is 1.91. The van der Waals surface area contributed by atoms with Crippen molar-refractivity contribution in [3.63, 3.8) is 0 Å². The number of hydrogen-bond donors (Lipinski definition) is 2. The Kier molecular flexibility index (Phi) is 3.38. The second-order valence-electron chi connectivity index (χ2n) is 5.17. The molecule has 0 bridgehead atoms. The van der Waals surface area contributed by atoms with Crippen molar-refractivity contribution in [2.24, 2.45) is 5.73 Å².